The van der Waals surface area contributed by atoms with Crippen molar-refractivity contribution in [3.8, 4) is 0 Å². The van der Waals surface area contributed by atoms with Gasteiger partial charge in [0.2, 0.25) is 0 Å². The smallest absolute Gasteiger partial charge is 0.148 e. The molecule has 0 bridgehead atoms. The lowest BCUT2D eigenvalue weighted by atomic mass is 9.82. The van der Waals surface area contributed by atoms with Crippen molar-refractivity contribution in [2.24, 2.45) is 5.41 Å². The van der Waals surface area contributed by atoms with Gasteiger partial charge >= 0.3 is 0 Å². The highest BCUT2D eigenvalue weighted by atomic mass is 35.5. The first-order chi connectivity index (χ1) is 11.4. The van der Waals surface area contributed by atoms with Gasteiger partial charge < -0.3 is 10.1 Å². The molecule has 0 radical (unpaired) electrons. The first-order valence-corrected chi connectivity index (χ1v) is 10.3. The summed E-state index contributed by atoms with van der Waals surface area (Å²) in [5.41, 5.74) is 1.47. The molecule has 1 saturated heterocycles. The normalized spacial score (nSPS) is 17.8. The van der Waals surface area contributed by atoms with E-state index in [2.05, 4.69) is 10.3 Å². The van der Waals surface area contributed by atoms with Crippen molar-refractivity contribution in [2.75, 3.05) is 37.1 Å². The standard InChI is InChI=1S/C17H21ClN2O3S/c1-24(21,22)12-17(5-8-23-9-6-17)11-20-16-4-7-19-15-3-2-13(18)10-14(15)16/h2-4,7,10H,5-6,8-9,11-12H2,1H3,(H,19,20). The van der Waals surface area contributed by atoms with Crippen LogP contribution in [-0.2, 0) is 14.6 Å². The number of hydrogen-bond acceptors (Lipinski definition) is 5. The first kappa shape index (κ1) is 17.5. The molecule has 0 saturated carbocycles. The molecule has 24 heavy (non-hydrogen) atoms. The molecule has 130 valence electrons. The fourth-order valence-corrected chi connectivity index (χ4v) is 4.96. The Hall–Kier alpha value is -1.37. The summed E-state index contributed by atoms with van der Waals surface area (Å²) in [7, 11) is -3.06. The fraction of sp³-hybridized carbons (Fsp3) is 0.471. The molecular weight excluding hydrogens is 348 g/mol. The van der Waals surface area contributed by atoms with E-state index in [1.807, 2.05) is 24.3 Å². The molecule has 0 unspecified atom stereocenters. The van der Waals surface area contributed by atoms with Crippen LogP contribution in [0, 0.1) is 5.41 Å². The summed E-state index contributed by atoms with van der Waals surface area (Å²) in [5, 5.41) is 5.01. The highest BCUT2D eigenvalue weighted by molar-refractivity contribution is 7.90. The van der Waals surface area contributed by atoms with E-state index in [0.29, 0.717) is 24.8 Å². The summed E-state index contributed by atoms with van der Waals surface area (Å²) in [5.74, 6) is 0.167. The summed E-state index contributed by atoms with van der Waals surface area (Å²) >= 11 is 6.10. The first-order valence-electron chi connectivity index (χ1n) is 7.91. The Bertz CT molecular complexity index is 833. The number of hydrogen-bond donors (Lipinski definition) is 1. The topological polar surface area (TPSA) is 68.3 Å². The number of halogens is 1. The van der Waals surface area contributed by atoms with Crippen molar-refractivity contribution in [3.63, 3.8) is 0 Å². The van der Waals surface area contributed by atoms with E-state index in [0.717, 1.165) is 29.4 Å². The zero-order valence-corrected chi connectivity index (χ0v) is 15.2. The molecule has 2 aromatic rings. The van der Waals surface area contributed by atoms with Crippen LogP contribution in [0.1, 0.15) is 12.8 Å². The number of rotatable bonds is 5. The van der Waals surface area contributed by atoms with Gasteiger partial charge in [-0.05, 0) is 37.1 Å². The SMILES string of the molecule is CS(=O)(=O)CC1(CNc2ccnc3ccc(Cl)cc23)CCOCC1. The Morgan fingerprint density at radius 1 is 1.29 bits per heavy atom. The van der Waals surface area contributed by atoms with Crippen LogP contribution in [0.3, 0.4) is 0 Å². The molecule has 1 N–H and O–H groups in total. The van der Waals surface area contributed by atoms with E-state index in [1.54, 1.807) is 6.20 Å². The molecule has 0 amide bonds. The van der Waals surface area contributed by atoms with Crippen molar-refractivity contribution in [1.82, 2.24) is 4.98 Å². The molecular formula is C17H21ClN2O3S. The molecule has 3 rings (SSSR count). The van der Waals surface area contributed by atoms with Crippen LogP contribution in [-0.4, -0.2) is 45.2 Å². The minimum Gasteiger partial charge on any atom is -0.384 e. The van der Waals surface area contributed by atoms with E-state index >= 15 is 0 Å². The summed E-state index contributed by atoms with van der Waals surface area (Å²) in [6.07, 6.45) is 4.51. The van der Waals surface area contributed by atoms with Gasteiger partial charge in [0.1, 0.15) is 9.84 Å². The maximum Gasteiger partial charge on any atom is 0.148 e. The second-order valence-electron chi connectivity index (χ2n) is 6.56. The van der Waals surface area contributed by atoms with Crippen molar-refractivity contribution >= 4 is 38.0 Å². The maximum atomic E-state index is 11.9. The Morgan fingerprint density at radius 2 is 2.04 bits per heavy atom. The summed E-state index contributed by atoms with van der Waals surface area (Å²) in [6, 6.07) is 7.46. The van der Waals surface area contributed by atoms with Gasteiger partial charge in [0.05, 0.1) is 11.3 Å². The van der Waals surface area contributed by atoms with Gasteiger partial charge in [0, 0.05) is 53.7 Å². The van der Waals surface area contributed by atoms with Crippen LogP contribution in [0.5, 0.6) is 0 Å². The number of aromatic nitrogens is 1. The lowest BCUT2D eigenvalue weighted by molar-refractivity contribution is 0.0315. The minimum absolute atomic E-state index is 0.167. The Balaban J connectivity index is 1.86. The lowest BCUT2D eigenvalue weighted by Crippen LogP contribution is -2.41. The monoisotopic (exact) mass is 368 g/mol. The molecule has 0 spiro atoms. The Morgan fingerprint density at radius 3 is 2.75 bits per heavy atom. The zero-order valence-electron chi connectivity index (χ0n) is 13.6. The van der Waals surface area contributed by atoms with Gasteiger partial charge in [-0.2, -0.15) is 0 Å². The second-order valence-corrected chi connectivity index (χ2v) is 9.13. The molecule has 0 atom stereocenters. The van der Waals surface area contributed by atoms with E-state index in [1.165, 1.54) is 6.26 Å². The van der Waals surface area contributed by atoms with E-state index < -0.39 is 9.84 Å². The molecule has 1 aromatic carbocycles. The number of anilines is 1. The predicted octanol–water partition coefficient (Wildman–Crippen LogP) is 3.14. The minimum atomic E-state index is -3.06. The number of pyridine rings is 1. The molecule has 0 aliphatic carbocycles. The van der Waals surface area contributed by atoms with E-state index in [-0.39, 0.29) is 11.2 Å². The van der Waals surface area contributed by atoms with Crippen molar-refractivity contribution in [1.29, 1.82) is 0 Å². The number of fused-ring (bicyclic) bond motifs is 1. The van der Waals surface area contributed by atoms with E-state index in [4.69, 9.17) is 16.3 Å². The van der Waals surface area contributed by atoms with Crippen molar-refractivity contribution in [3.05, 3.63) is 35.5 Å². The van der Waals surface area contributed by atoms with Crippen LogP contribution in [0.25, 0.3) is 10.9 Å². The number of nitrogens with zero attached hydrogens (tertiary/aromatic N) is 1. The largest absolute Gasteiger partial charge is 0.384 e. The number of ether oxygens (including phenoxy) is 1. The van der Waals surface area contributed by atoms with Crippen LogP contribution >= 0.6 is 11.6 Å². The third-order valence-corrected chi connectivity index (χ3v) is 5.85. The molecule has 5 nitrogen and oxygen atoms in total. The van der Waals surface area contributed by atoms with Gasteiger partial charge in [0.15, 0.2) is 0 Å². The van der Waals surface area contributed by atoms with Gasteiger partial charge in [-0.15, -0.1) is 0 Å². The van der Waals surface area contributed by atoms with Crippen LogP contribution in [0.4, 0.5) is 5.69 Å². The number of benzene rings is 1. The fourth-order valence-electron chi connectivity index (χ4n) is 3.29. The van der Waals surface area contributed by atoms with Gasteiger partial charge in [-0.25, -0.2) is 8.42 Å². The van der Waals surface area contributed by atoms with Crippen molar-refractivity contribution in [2.45, 2.75) is 12.8 Å². The average molecular weight is 369 g/mol. The van der Waals surface area contributed by atoms with Gasteiger partial charge in [0.25, 0.3) is 0 Å². The third-order valence-electron chi connectivity index (χ3n) is 4.48. The van der Waals surface area contributed by atoms with E-state index in [9.17, 15) is 8.42 Å². The lowest BCUT2D eigenvalue weighted by Gasteiger charge is -2.37. The zero-order chi connectivity index (χ0) is 17.2. The predicted molar refractivity (Wildman–Crippen MR) is 97.4 cm³/mol. The maximum absolute atomic E-state index is 11.9. The van der Waals surface area contributed by atoms with Crippen LogP contribution < -0.4 is 5.32 Å². The quantitative estimate of drug-likeness (QED) is 0.878. The molecule has 2 heterocycles. The van der Waals surface area contributed by atoms with Gasteiger partial charge in [-0.1, -0.05) is 11.6 Å². The van der Waals surface area contributed by atoms with Crippen LogP contribution in [0.2, 0.25) is 5.02 Å². The molecule has 1 fully saturated rings. The molecule has 1 aliphatic rings. The van der Waals surface area contributed by atoms with Gasteiger partial charge in [-0.3, -0.25) is 4.98 Å². The Labute approximate surface area is 147 Å². The second kappa shape index (κ2) is 6.86. The average Bonchev–Trinajstić information content (AvgIpc) is 2.52. The highest BCUT2D eigenvalue weighted by Crippen LogP contribution is 2.33. The number of sulfone groups is 1. The van der Waals surface area contributed by atoms with Crippen molar-refractivity contribution < 1.29 is 13.2 Å². The molecule has 1 aliphatic heterocycles. The van der Waals surface area contributed by atoms with Crippen LogP contribution in [0.15, 0.2) is 30.5 Å². The number of nitrogens with one attached hydrogen (secondary N) is 1. The Kier molecular flexibility index (Phi) is 4.99. The third kappa shape index (κ3) is 4.18. The molecule has 7 heteroatoms. The molecule has 1 aromatic heterocycles. The summed E-state index contributed by atoms with van der Waals surface area (Å²) in [4.78, 5) is 4.34. The summed E-state index contributed by atoms with van der Waals surface area (Å²) < 4.78 is 29.2. The highest BCUT2D eigenvalue weighted by Gasteiger charge is 2.35. The summed E-state index contributed by atoms with van der Waals surface area (Å²) in [6.45, 7) is 1.77.